The quantitative estimate of drug-likeness (QED) is 0.651. The number of thioether (sulfide) groups is 1. The minimum absolute atomic E-state index is 0.0669. The summed E-state index contributed by atoms with van der Waals surface area (Å²) >= 11 is 1.47. The van der Waals surface area contributed by atoms with Crippen LogP contribution >= 0.6 is 11.8 Å². The van der Waals surface area contributed by atoms with Crippen LogP contribution in [-0.4, -0.2) is 29.1 Å². The monoisotopic (exact) mass is 417 g/mol. The maximum absolute atomic E-state index is 12.5. The Balaban J connectivity index is 1.38. The number of nitrogens with zero attached hydrogens (tertiary/aromatic N) is 2. The largest absolute Gasteiger partial charge is 0.351 e. The SMILES string of the molecule is CC(CNC(=O)c1ccc(CN2C(=O)CSc3ncccc32)cc1)c1ccccc1. The number of anilines is 1. The third kappa shape index (κ3) is 4.54. The maximum atomic E-state index is 12.5. The zero-order valence-electron chi connectivity index (χ0n) is 16.7. The van der Waals surface area contributed by atoms with Gasteiger partial charge in [0.15, 0.2) is 0 Å². The van der Waals surface area contributed by atoms with Crippen molar-refractivity contribution >= 4 is 29.3 Å². The second-order valence-corrected chi connectivity index (χ2v) is 8.28. The Morgan fingerprint density at radius 2 is 1.87 bits per heavy atom. The normalized spacial score (nSPS) is 14.2. The number of benzene rings is 2. The average molecular weight is 418 g/mol. The van der Waals surface area contributed by atoms with Gasteiger partial charge in [-0.1, -0.05) is 61.2 Å². The van der Waals surface area contributed by atoms with Crippen LogP contribution in [0.25, 0.3) is 0 Å². The molecule has 0 fully saturated rings. The van der Waals surface area contributed by atoms with Gasteiger partial charge in [-0.2, -0.15) is 0 Å². The van der Waals surface area contributed by atoms with Gasteiger partial charge in [0.1, 0.15) is 5.03 Å². The van der Waals surface area contributed by atoms with E-state index in [0.717, 1.165) is 16.3 Å². The molecule has 3 aromatic rings. The topological polar surface area (TPSA) is 62.3 Å². The van der Waals surface area contributed by atoms with Crippen molar-refractivity contribution < 1.29 is 9.59 Å². The van der Waals surface area contributed by atoms with Crippen LogP contribution in [0.15, 0.2) is 78.0 Å². The van der Waals surface area contributed by atoms with Crippen molar-refractivity contribution in [3.63, 3.8) is 0 Å². The lowest BCUT2D eigenvalue weighted by atomic mass is 10.0. The van der Waals surface area contributed by atoms with Gasteiger partial charge >= 0.3 is 0 Å². The van der Waals surface area contributed by atoms with E-state index in [0.29, 0.717) is 24.4 Å². The van der Waals surface area contributed by atoms with Crippen molar-refractivity contribution in [3.05, 3.63) is 89.6 Å². The standard InChI is InChI=1S/C24H23N3O2S/c1-17(19-6-3-2-4-7-19)14-26-23(29)20-11-9-18(10-12-20)15-27-21-8-5-13-25-24(21)30-16-22(27)28/h2-13,17H,14-16H2,1H3,(H,26,29). The van der Waals surface area contributed by atoms with Crippen molar-refractivity contribution in [1.82, 2.24) is 10.3 Å². The molecule has 1 aliphatic heterocycles. The van der Waals surface area contributed by atoms with Crippen LogP contribution in [-0.2, 0) is 11.3 Å². The summed E-state index contributed by atoms with van der Waals surface area (Å²) in [4.78, 5) is 31.0. The molecule has 1 unspecified atom stereocenters. The predicted octanol–water partition coefficient (Wildman–Crippen LogP) is 4.25. The Morgan fingerprint density at radius 1 is 1.10 bits per heavy atom. The molecule has 5 nitrogen and oxygen atoms in total. The third-order valence-corrected chi connectivity index (χ3v) is 6.15. The summed E-state index contributed by atoms with van der Waals surface area (Å²) in [6.07, 6.45) is 1.74. The zero-order valence-corrected chi connectivity index (χ0v) is 17.6. The van der Waals surface area contributed by atoms with E-state index in [-0.39, 0.29) is 17.7 Å². The van der Waals surface area contributed by atoms with Gasteiger partial charge < -0.3 is 10.2 Å². The van der Waals surface area contributed by atoms with E-state index in [1.807, 2.05) is 54.6 Å². The van der Waals surface area contributed by atoms with E-state index in [1.165, 1.54) is 17.3 Å². The van der Waals surface area contributed by atoms with Crippen molar-refractivity contribution in [2.24, 2.45) is 0 Å². The second-order valence-electron chi connectivity index (χ2n) is 7.31. The van der Waals surface area contributed by atoms with Crippen LogP contribution in [0, 0.1) is 0 Å². The minimum atomic E-state index is -0.0932. The molecule has 0 saturated heterocycles. The van der Waals surface area contributed by atoms with Crippen molar-refractivity contribution in [1.29, 1.82) is 0 Å². The molecule has 1 aliphatic rings. The molecule has 1 atom stereocenters. The molecule has 2 aromatic carbocycles. The Labute approximate surface area is 180 Å². The highest BCUT2D eigenvalue weighted by molar-refractivity contribution is 8.00. The molecular weight excluding hydrogens is 394 g/mol. The van der Waals surface area contributed by atoms with Gasteiger partial charge in [-0.05, 0) is 41.3 Å². The Morgan fingerprint density at radius 3 is 2.63 bits per heavy atom. The Kier molecular flexibility index (Phi) is 6.14. The lowest BCUT2D eigenvalue weighted by molar-refractivity contribution is -0.116. The number of aromatic nitrogens is 1. The van der Waals surface area contributed by atoms with Crippen molar-refractivity contribution in [2.45, 2.75) is 24.4 Å². The van der Waals surface area contributed by atoms with E-state index in [1.54, 1.807) is 11.1 Å². The van der Waals surface area contributed by atoms with E-state index in [4.69, 9.17) is 0 Å². The number of carbonyl (C=O) groups excluding carboxylic acids is 2. The highest BCUT2D eigenvalue weighted by atomic mass is 32.2. The number of pyridine rings is 1. The molecule has 1 aromatic heterocycles. The van der Waals surface area contributed by atoms with E-state index in [9.17, 15) is 9.59 Å². The molecule has 30 heavy (non-hydrogen) atoms. The third-order valence-electron chi connectivity index (χ3n) is 5.17. The van der Waals surface area contributed by atoms with Crippen LogP contribution < -0.4 is 10.2 Å². The zero-order chi connectivity index (χ0) is 20.9. The molecule has 1 N–H and O–H groups in total. The number of amides is 2. The van der Waals surface area contributed by atoms with Gasteiger partial charge in [0.2, 0.25) is 5.91 Å². The van der Waals surface area contributed by atoms with Gasteiger partial charge in [0.25, 0.3) is 5.91 Å². The fraction of sp³-hybridized carbons (Fsp3) is 0.208. The summed E-state index contributed by atoms with van der Waals surface area (Å²) < 4.78 is 0. The Bertz CT molecular complexity index is 1040. The first kappa shape index (κ1) is 20.2. The number of hydrogen-bond donors (Lipinski definition) is 1. The number of fused-ring (bicyclic) bond motifs is 1. The fourth-order valence-electron chi connectivity index (χ4n) is 3.41. The maximum Gasteiger partial charge on any atom is 0.251 e. The summed E-state index contributed by atoms with van der Waals surface area (Å²) in [6, 6.07) is 21.3. The number of nitrogens with one attached hydrogen (secondary N) is 1. The molecule has 0 saturated carbocycles. The summed E-state index contributed by atoms with van der Waals surface area (Å²) in [5.41, 5.74) is 3.63. The number of hydrogen-bond acceptors (Lipinski definition) is 4. The lowest BCUT2D eigenvalue weighted by Crippen LogP contribution is -2.35. The fourth-order valence-corrected chi connectivity index (χ4v) is 4.28. The summed E-state index contributed by atoms with van der Waals surface area (Å²) in [5, 5.41) is 3.88. The van der Waals surface area contributed by atoms with E-state index >= 15 is 0 Å². The van der Waals surface area contributed by atoms with E-state index < -0.39 is 0 Å². The first-order valence-electron chi connectivity index (χ1n) is 9.92. The molecule has 0 spiro atoms. The first-order valence-corrected chi connectivity index (χ1v) is 10.9. The highest BCUT2D eigenvalue weighted by Gasteiger charge is 2.25. The second kappa shape index (κ2) is 9.13. The van der Waals surface area contributed by atoms with Gasteiger partial charge in [-0.3, -0.25) is 9.59 Å². The molecular formula is C24H23N3O2S. The molecule has 2 amide bonds. The molecule has 0 bridgehead atoms. The van der Waals surface area contributed by atoms with Crippen molar-refractivity contribution in [2.75, 3.05) is 17.2 Å². The van der Waals surface area contributed by atoms with Gasteiger partial charge in [-0.15, -0.1) is 0 Å². The van der Waals surface area contributed by atoms with Crippen LogP contribution in [0.5, 0.6) is 0 Å². The summed E-state index contributed by atoms with van der Waals surface area (Å²) in [5.74, 6) is 0.608. The van der Waals surface area contributed by atoms with Crippen LogP contribution in [0.2, 0.25) is 0 Å². The highest BCUT2D eigenvalue weighted by Crippen LogP contribution is 2.34. The lowest BCUT2D eigenvalue weighted by Gasteiger charge is -2.28. The molecule has 0 radical (unpaired) electrons. The van der Waals surface area contributed by atoms with Gasteiger partial charge in [0, 0.05) is 18.3 Å². The average Bonchev–Trinajstić information content (AvgIpc) is 2.80. The number of rotatable bonds is 6. The van der Waals surface area contributed by atoms with Gasteiger partial charge in [-0.25, -0.2) is 4.98 Å². The van der Waals surface area contributed by atoms with Crippen LogP contribution in [0.1, 0.15) is 34.3 Å². The smallest absolute Gasteiger partial charge is 0.251 e. The Hall–Kier alpha value is -3.12. The predicted molar refractivity (Wildman–Crippen MR) is 120 cm³/mol. The minimum Gasteiger partial charge on any atom is -0.351 e. The van der Waals surface area contributed by atoms with E-state index in [2.05, 4.69) is 29.4 Å². The van der Waals surface area contributed by atoms with Crippen molar-refractivity contribution in [3.8, 4) is 0 Å². The summed E-state index contributed by atoms with van der Waals surface area (Å²) in [7, 11) is 0. The molecule has 4 rings (SSSR count). The first-order chi connectivity index (χ1) is 14.6. The van der Waals surface area contributed by atoms with Crippen LogP contribution in [0.4, 0.5) is 5.69 Å². The van der Waals surface area contributed by atoms with Crippen LogP contribution in [0.3, 0.4) is 0 Å². The molecule has 152 valence electrons. The molecule has 0 aliphatic carbocycles. The molecule has 6 heteroatoms. The van der Waals surface area contributed by atoms with Gasteiger partial charge in [0.05, 0.1) is 18.0 Å². The summed E-state index contributed by atoms with van der Waals surface area (Å²) in [6.45, 7) is 3.14. The molecule has 2 heterocycles. The number of carbonyl (C=O) groups is 2.